The predicted molar refractivity (Wildman–Crippen MR) is 97.4 cm³/mol. The molecule has 0 heterocycles. The zero-order valence-corrected chi connectivity index (χ0v) is 15.6. The van der Waals surface area contributed by atoms with E-state index < -0.39 is 34.3 Å². The maximum Gasteiger partial charge on any atom is 0.340 e. The van der Waals surface area contributed by atoms with Gasteiger partial charge in [0, 0.05) is 0 Å². The number of carbonyl (C=O) groups excluding carboxylic acids is 2. The maximum atomic E-state index is 13.1. The highest BCUT2D eigenvalue weighted by Crippen LogP contribution is 2.17. The molecule has 2 N–H and O–H groups in total. The van der Waals surface area contributed by atoms with Crippen LogP contribution in [0.3, 0.4) is 0 Å². The van der Waals surface area contributed by atoms with Crippen LogP contribution in [0.1, 0.15) is 22.8 Å². The number of esters is 1. The molecule has 0 aliphatic rings. The van der Waals surface area contributed by atoms with E-state index in [9.17, 15) is 22.4 Å². The first-order chi connectivity index (χ1) is 12.7. The van der Waals surface area contributed by atoms with E-state index in [-0.39, 0.29) is 28.3 Å². The lowest BCUT2D eigenvalue weighted by atomic mass is 10.2. The summed E-state index contributed by atoms with van der Waals surface area (Å²) in [5.74, 6) is -1.83. The molecule has 2 aromatic carbocycles. The van der Waals surface area contributed by atoms with Crippen molar-refractivity contribution in [1.29, 1.82) is 0 Å². The topological polar surface area (TPSA) is 102 Å². The van der Waals surface area contributed by atoms with Crippen LogP contribution in [0.2, 0.25) is 0 Å². The van der Waals surface area contributed by atoms with Crippen LogP contribution in [0, 0.1) is 12.7 Å². The Morgan fingerprint density at radius 1 is 1.15 bits per heavy atom. The average molecular weight is 394 g/mol. The van der Waals surface area contributed by atoms with Crippen LogP contribution in [-0.2, 0) is 19.6 Å². The van der Waals surface area contributed by atoms with Crippen molar-refractivity contribution in [2.45, 2.75) is 18.7 Å². The fourth-order valence-corrected chi connectivity index (χ4v) is 3.53. The van der Waals surface area contributed by atoms with Gasteiger partial charge in [0.1, 0.15) is 5.82 Å². The van der Waals surface area contributed by atoms with Gasteiger partial charge in [-0.25, -0.2) is 22.3 Å². The lowest BCUT2D eigenvalue weighted by molar-refractivity contribution is -0.115. The van der Waals surface area contributed by atoms with E-state index >= 15 is 0 Å². The van der Waals surface area contributed by atoms with Gasteiger partial charge in [-0.2, -0.15) is 0 Å². The molecule has 0 aliphatic carbocycles. The third-order valence-electron chi connectivity index (χ3n) is 3.55. The van der Waals surface area contributed by atoms with E-state index in [1.807, 2.05) is 0 Å². The van der Waals surface area contributed by atoms with Crippen molar-refractivity contribution < 1.29 is 27.1 Å². The molecule has 0 aromatic heterocycles. The minimum Gasteiger partial charge on any atom is -0.462 e. The number of benzene rings is 2. The van der Waals surface area contributed by atoms with Gasteiger partial charge in [-0.15, -0.1) is 0 Å². The Labute approximate surface area is 156 Å². The molecule has 0 bridgehead atoms. The molecule has 27 heavy (non-hydrogen) atoms. The Morgan fingerprint density at radius 2 is 1.85 bits per heavy atom. The molecular formula is C18H19FN2O5S. The highest BCUT2D eigenvalue weighted by Gasteiger charge is 2.19. The summed E-state index contributed by atoms with van der Waals surface area (Å²) in [6.07, 6.45) is 0. The van der Waals surface area contributed by atoms with Gasteiger partial charge in [-0.1, -0.05) is 12.1 Å². The zero-order valence-electron chi connectivity index (χ0n) is 14.8. The first kappa shape index (κ1) is 20.5. The van der Waals surface area contributed by atoms with Crippen molar-refractivity contribution in [3.05, 3.63) is 59.4 Å². The van der Waals surface area contributed by atoms with Crippen molar-refractivity contribution >= 4 is 27.6 Å². The highest BCUT2D eigenvalue weighted by molar-refractivity contribution is 7.89. The number of sulfonamides is 1. The smallest absolute Gasteiger partial charge is 0.340 e. The van der Waals surface area contributed by atoms with Crippen LogP contribution in [0.5, 0.6) is 0 Å². The van der Waals surface area contributed by atoms with Crippen LogP contribution in [0.15, 0.2) is 47.4 Å². The third-order valence-corrected chi connectivity index (χ3v) is 5.11. The van der Waals surface area contributed by atoms with E-state index in [0.29, 0.717) is 0 Å². The summed E-state index contributed by atoms with van der Waals surface area (Å²) < 4.78 is 44.8. The summed E-state index contributed by atoms with van der Waals surface area (Å²) in [6, 6.07) is 9.46. The van der Waals surface area contributed by atoms with Crippen molar-refractivity contribution in [3.63, 3.8) is 0 Å². The molecule has 0 aliphatic heterocycles. The number of ether oxygens (including phenoxy) is 1. The standard InChI is InChI=1S/C18H19FN2O5S/c1-3-26-18(23)14-6-4-5-7-15(14)21-17(22)11-20-27(24,25)16-9-8-13(19)10-12(16)2/h4-10,20H,3,11H2,1-2H3,(H,21,22). The summed E-state index contributed by atoms with van der Waals surface area (Å²) in [6.45, 7) is 2.73. The number of rotatable bonds is 7. The van der Waals surface area contributed by atoms with Gasteiger partial charge >= 0.3 is 5.97 Å². The fraction of sp³-hybridized carbons (Fsp3) is 0.222. The summed E-state index contributed by atoms with van der Waals surface area (Å²) in [7, 11) is -4.00. The predicted octanol–water partition coefficient (Wildman–Crippen LogP) is 2.23. The Bertz CT molecular complexity index is 960. The lowest BCUT2D eigenvalue weighted by Gasteiger charge is -2.12. The van der Waals surface area contributed by atoms with E-state index in [1.54, 1.807) is 19.1 Å². The molecule has 2 aromatic rings. The van der Waals surface area contributed by atoms with Crippen molar-refractivity contribution in [2.75, 3.05) is 18.5 Å². The van der Waals surface area contributed by atoms with Crippen LogP contribution in [0.25, 0.3) is 0 Å². The molecule has 9 heteroatoms. The van der Waals surface area contributed by atoms with E-state index in [0.717, 1.165) is 18.2 Å². The number of hydrogen-bond acceptors (Lipinski definition) is 5. The minimum atomic E-state index is -4.00. The van der Waals surface area contributed by atoms with Crippen LogP contribution in [0.4, 0.5) is 10.1 Å². The quantitative estimate of drug-likeness (QED) is 0.701. The highest BCUT2D eigenvalue weighted by atomic mass is 32.2. The molecular weight excluding hydrogens is 375 g/mol. The van der Waals surface area contributed by atoms with Gasteiger partial charge in [0.25, 0.3) is 0 Å². The number of hydrogen-bond donors (Lipinski definition) is 2. The van der Waals surface area contributed by atoms with E-state index in [2.05, 4.69) is 10.0 Å². The fourth-order valence-electron chi connectivity index (χ4n) is 2.33. The Morgan fingerprint density at radius 3 is 2.52 bits per heavy atom. The number of amides is 1. The van der Waals surface area contributed by atoms with E-state index in [4.69, 9.17) is 4.74 Å². The van der Waals surface area contributed by atoms with Crippen LogP contribution in [-0.4, -0.2) is 33.4 Å². The molecule has 7 nitrogen and oxygen atoms in total. The number of aryl methyl sites for hydroxylation is 1. The number of halogens is 1. The monoisotopic (exact) mass is 394 g/mol. The second kappa shape index (κ2) is 8.74. The van der Waals surface area contributed by atoms with Crippen LogP contribution < -0.4 is 10.0 Å². The molecule has 1 amide bonds. The molecule has 0 atom stereocenters. The first-order valence-electron chi connectivity index (χ1n) is 8.06. The number of para-hydroxylation sites is 1. The molecule has 0 radical (unpaired) electrons. The number of nitrogens with one attached hydrogen (secondary N) is 2. The van der Waals surface area contributed by atoms with Crippen molar-refractivity contribution in [3.8, 4) is 0 Å². The Hall–Kier alpha value is -2.78. The Kier molecular flexibility index (Phi) is 6.65. The Balaban J connectivity index is 2.08. The van der Waals surface area contributed by atoms with Gasteiger partial charge in [0.05, 0.1) is 29.3 Å². The molecule has 0 spiro atoms. The van der Waals surface area contributed by atoms with Gasteiger partial charge in [-0.05, 0) is 49.7 Å². The van der Waals surface area contributed by atoms with Gasteiger partial charge < -0.3 is 10.1 Å². The molecule has 0 saturated heterocycles. The molecule has 144 valence electrons. The van der Waals surface area contributed by atoms with Gasteiger partial charge in [0.15, 0.2) is 0 Å². The third kappa shape index (κ3) is 5.35. The SMILES string of the molecule is CCOC(=O)c1ccccc1NC(=O)CNS(=O)(=O)c1ccc(F)cc1C. The molecule has 0 fully saturated rings. The normalized spacial score (nSPS) is 11.1. The summed E-state index contributed by atoms with van der Waals surface area (Å²) in [5, 5.41) is 2.47. The summed E-state index contributed by atoms with van der Waals surface area (Å²) in [5.41, 5.74) is 0.582. The summed E-state index contributed by atoms with van der Waals surface area (Å²) in [4.78, 5) is 23.9. The summed E-state index contributed by atoms with van der Waals surface area (Å²) >= 11 is 0. The molecule has 0 unspecified atom stereocenters. The second-order valence-electron chi connectivity index (χ2n) is 5.55. The van der Waals surface area contributed by atoms with Gasteiger partial charge in [-0.3, -0.25) is 4.79 Å². The second-order valence-corrected chi connectivity index (χ2v) is 7.28. The minimum absolute atomic E-state index is 0.122. The van der Waals surface area contributed by atoms with Crippen molar-refractivity contribution in [1.82, 2.24) is 4.72 Å². The zero-order chi connectivity index (χ0) is 20.0. The van der Waals surface area contributed by atoms with Crippen LogP contribution >= 0.6 is 0 Å². The first-order valence-corrected chi connectivity index (χ1v) is 9.54. The van der Waals surface area contributed by atoms with Gasteiger partial charge in [0.2, 0.25) is 15.9 Å². The molecule has 0 saturated carbocycles. The molecule has 2 rings (SSSR count). The van der Waals surface area contributed by atoms with E-state index in [1.165, 1.54) is 19.1 Å². The lowest BCUT2D eigenvalue weighted by Crippen LogP contribution is -2.33. The number of carbonyl (C=O) groups is 2. The largest absolute Gasteiger partial charge is 0.462 e. The number of anilines is 1. The maximum absolute atomic E-state index is 13.1. The van der Waals surface area contributed by atoms with Crippen molar-refractivity contribution in [2.24, 2.45) is 0 Å². The average Bonchev–Trinajstić information content (AvgIpc) is 2.60.